The number of carbonyl (C=O) groups is 2. The monoisotopic (exact) mass is 405 g/mol. The molecule has 5 nitrogen and oxygen atoms in total. The van der Waals surface area contributed by atoms with Crippen LogP contribution in [0, 0.1) is 5.92 Å². The van der Waals surface area contributed by atoms with Crippen LogP contribution in [0.3, 0.4) is 0 Å². The lowest BCUT2D eigenvalue weighted by Crippen LogP contribution is -2.44. The van der Waals surface area contributed by atoms with Crippen molar-refractivity contribution in [2.45, 2.75) is 53.1 Å². The number of amides is 2. The summed E-state index contributed by atoms with van der Waals surface area (Å²) in [7, 11) is 0. The van der Waals surface area contributed by atoms with Gasteiger partial charge in [-0.25, -0.2) is 0 Å². The maximum Gasteiger partial charge on any atom is 0.224 e. The van der Waals surface area contributed by atoms with E-state index in [-0.39, 0.29) is 23.9 Å². The van der Waals surface area contributed by atoms with Crippen molar-refractivity contribution in [2.75, 3.05) is 10.2 Å². The summed E-state index contributed by atoms with van der Waals surface area (Å²) in [5.74, 6) is 0.276. The Morgan fingerprint density at radius 3 is 2.43 bits per heavy atom. The Balaban J connectivity index is 2.05. The summed E-state index contributed by atoms with van der Waals surface area (Å²) in [5, 5.41) is 6.43. The topological polar surface area (TPSA) is 61.4 Å². The van der Waals surface area contributed by atoms with Gasteiger partial charge in [-0.3, -0.25) is 9.59 Å². The van der Waals surface area contributed by atoms with Crippen molar-refractivity contribution in [3.8, 4) is 11.1 Å². The van der Waals surface area contributed by atoms with Gasteiger partial charge in [-0.1, -0.05) is 38.6 Å². The van der Waals surface area contributed by atoms with Crippen LogP contribution in [0.15, 0.2) is 54.7 Å². The molecule has 0 saturated carbocycles. The predicted octanol–water partition coefficient (Wildman–Crippen LogP) is 5.26. The van der Waals surface area contributed by atoms with Gasteiger partial charge in [0.2, 0.25) is 11.8 Å². The number of hydrogen-bond acceptors (Lipinski definition) is 3. The van der Waals surface area contributed by atoms with Gasteiger partial charge in [-0.05, 0) is 60.2 Å². The molecule has 0 aliphatic carbocycles. The van der Waals surface area contributed by atoms with Crippen LogP contribution >= 0.6 is 0 Å². The van der Waals surface area contributed by atoms with Crippen molar-refractivity contribution in [3.63, 3.8) is 0 Å². The smallest absolute Gasteiger partial charge is 0.224 e. The summed E-state index contributed by atoms with van der Waals surface area (Å²) in [6.07, 6.45) is 0.813. The summed E-state index contributed by atoms with van der Waals surface area (Å²) in [4.78, 5) is 25.7. The van der Waals surface area contributed by atoms with E-state index >= 15 is 0 Å². The van der Waals surface area contributed by atoms with E-state index < -0.39 is 0 Å². The van der Waals surface area contributed by atoms with E-state index in [1.54, 1.807) is 6.92 Å². The van der Waals surface area contributed by atoms with Crippen LogP contribution in [0.25, 0.3) is 11.1 Å². The van der Waals surface area contributed by atoms with Gasteiger partial charge in [0.15, 0.2) is 0 Å². The Morgan fingerprint density at radius 1 is 1.10 bits per heavy atom. The van der Waals surface area contributed by atoms with E-state index in [9.17, 15) is 9.59 Å². The van der Waals surface area contributed by atoms with Gasteiger partial charge in [0, 0.05) is 37.0 Å². The maximum atomic E-state index is 12.4. The Hall–Kier alpha value is -3.08. The van der Waals surface area contributed by atoms with Crippen LogP contribution in [0.4, 0.5) is 11.4 Å². The molecular weight excluding hydrogens is 374 g/mol. The number of nitrogens with zero attached hydrogens (tertiary/aromatic N) is 1. The van der Waals surface area contributed by atoms with Crippen LogP contribution in [0.1, 0.15) is 52.6 Å². The second-order valence-corrected chi connectivity index (χ2v) is 8.39. The minimum Gasteiger partial charge on any atom is -0.382 e. The van der Waals surface area contributed by atoms with Gasteiger partial charge in [-0.15, -0.1) is 0 Å². The first-order valence-corrected chi connectivity index (χ1v) is 10.4. The minimum absolute atomic E-state index is 0.0466. The molecule has 5 heteroatoms. The van der Waals surface area contributed by atoms with E-state index in [1.807, 2.05) is 41.3 Å². The van der Waals surface area contributed by atoms with Crippen LogP contribution in [-0.2, 0) is 9.59 Å². The first kappa shape index (κ1) is 21.6. The number of benzene rings is 2. The lowest BCUT2D eigenvalue weighted by atomic mass is 9.88. The Bertz CT molecular complexity index is 980. The predicted molar refractivity (Wildman–Crippen MR) is 123 cm³/mol. The van der Waals surface area contributed by atoms with Gasteiger partial charge < -0.3 is 15.5 Å². The first-order chi connectivity index (χ1) is 14.2. The molecule has 0 bridgehead atoms. The molecular formula is C25H31N3O2. The number of rotatable bonds is 5. The third-order valence-electron chi connectivity index (χ3n) is 5.59. The highest BCUT2D eigenvalue weighted by atomic mass is 16.2. The number of allylic oxidation sites excluding steroid dienone is 1. The Morgan fingerprint density at radius 2 is 1.80 bits per heavy atom. The molecule has 1 aliphatic rings. The van der Waals surface area contributed by atoms with Crippen molar-refractivity contribution in [3.05, 3.63) is 60.3 Å². The largest absolute Gasteiger partial charge is 0.382 e. The normalized spacial score (nSPS) is 18.0. The van der Waals surface area contributed by atoms with Gasteiger partial charge in [-0.2, -0.15) is 0 Å². The van der Waals surface area contributed by atoms with Crippen LogP contribution < -0.4 is 15.5 Å². The lowest BCUT2D eigenvalue weighted by molar-refractivity contribution is -0.117. The van der Waals surface area contributed by atoms with E-state index in [4.69, 9.17) is 0 Å². The van der Waals surface area contributed by atoms with Crippen molar-refractivity contribution in [1.82, 2.24) is 5.32 Å². The molecule has 2 aromatic rings. The van der Waals surface area contributed by atoms with E-state index in [1.165, 1.54) is 6.92 Å². The van der Waals surface area contributed by atoms with Gasteiger partial charge in [0.05, 0.1) is 6.04 Å². The fourth-order valence-electron chi connectivity index (χ4n) is 4.03. The molecule has 0 aromatic heterocycles. The highest BCUT2D eigenvalue weighted by Crippen LogP contribution is 2.40. The molecule has 30 heavy (non-hydrogen) atoms. The maximum absolute atomic E-state index is 12.4. The highest BCUT2D eigenvalue weighted by Gasteiger charge is 2.33. The van der Waals surface area contributed by atoms with Gasteiger partial charge in [0.1, 0.15) is 0 Å². The molecule has 3 rings (SSSR count). The summed E-state index contributed by atoms with van der Waals surface area (Å²) in [6, 6.07) is 14.2. The number of anilines is 2. The highest BCUT2D eigenvalue weighted by molar-refractivity contribution is 5.94. The quantitative estimate of drug-likeness (QED) is 0.713. The molecule has 1 heterocycles. The van der Waals surface area contributed by atoms with Crippen molar-refractivity contribution < 1.29 is 9.59 Å². The average molecular weight is 406 g/mol. The van der Waals surface area contributed by atoms with Gasteiger partial charge in [0.25, 0.3) is 0 Å². The van der Waals surface area contributed by atoms with E-state index in [2.05, 4.69) is 44.1 Å². The number of fused-ring (bicyclic) bond motifs is 1. The minimum atomic E-state index is -0.0971. The zero-order valence-corrected chi connectivity index (χ0v) is 18.5. The number of nitrogens with one attached hydrogen (secondary N) is 2. The standard InChI is InChI=1S/C25H31N3O2/c1-15(2)17(4)26-24-12-16(3)28(19(6)30)25-11-10-21(14-23(24)25)20-8-7-9-22(13-20)27-18(5)29/h7-11,13-16,24,26H,4,12H2,1-3,5-6H3,(H,27,29)/t16-,24+/m0/s1. The van der Waals surface area contributed by atoms with Crippen molar-refractivity contribution >= 4 is 23.2 Å². The lowest BCUT2D eigenvalue weighted by Gasteiger charge is -2.40. The molecule has 0 spiro atoms. The third kappa shape index (κ3) is 4.56. The second-order valence-electron chi connectivity index (χ2n) is 8.39. The summed E-state index contributed by atoms with van der Waals surface area (Å²) in [6.45, 7) is 13.6. The molecule has 0 fully saturated rings. The first-order valence-electron chi connectivity index (χ1n) is 10.4. The fourth-order valence-corrected chi connectivity index (χ4v) is 4.03. The molecule has 2 N–H and O–H groups in total. The van der Waals surface area contributed by atoms with Crippen molar-refractivity contribution in [2.24, 2.45) is 5.92 Å². The zero-order chi connectivity index (χ0) is 22.0. The molecule has 0 radical (unpaired) electrons. The SMILES string of the molecule is C=C(N[C@@H]1C[C@H](C)N(C(C)=O)c2ccc(-c3cccc(NC(C)=O)c3)cc21)C(C)C. The molecule has 1 aliphatic heterocycles. The van der Waals surface area contributed by atoms with Crippen LogP contribution in [0.2, 0.25) is 0 Å². The third-order valence-corrected chi connectivity index (χ3v) is 5.59. The number of carbonyl (C=O) groups excluding carboxylic acids is 2. The summed E-state index contributed by atoms with van der Waals surface area (Å²) >= 11 is 0. The van der Waals surface area contributed by atoms with Gasteiger partial charge >= 0.3 is 0 Å². The molecule has 158 valence electrons. The zero-order valence-electron chi connectivity index (χ0n) is 18.5. The molecule has 0 saturated heterocycles. The second kappa shape index (κ2) is 8.74. The summed E-state index contributed by atoms with van der Waals surface area (Å²) in [5.41, 5.74) is 5.84. The van der Waals surface area contributed by atoms with E-state index in [0.29, 0.717) is 5.92 Å². The Kier molecular flexibility index (Phi) is 6.30. The molecule has 2 aromatic carbocycles. The molecule has 2 atom stereocenters. The van der Waals surface area contributed by atoms with Crippen LogP contribution in [0.5, 0.6) is 0 Å². The summed E-state index contributed by atoms with van der Waals surface area (Å²) < 4.78 is 0. The van der Waals surface area contributed by atoms with Crippen LogP contribution in [-0.4, -0.2) is 17.9 Å². The number of hydrogen-bond donors (Lipinski definition) is 2. The fraction of sp³-hybridized carbons (Fsp3) is 0.360. The average Bonchev–Trinajstić information content (AvgIpc) is 2.67. The molecule has 0 unspecified atom stereocenters. The Labute approximate surface area is 179 Å². The van der Waals surface area contributed by atoms with Crippen molar-refractivity contribution in [1.29, 1.82) is 0 Å². The molecule has 2 amide bonds. The van der Waals surface area contributed by atoms with E-state index in [0.717, 1.165) is 40.2 Å².